The van der Waals surface area contributed by atoms with Gasteiger partial charge in [-0.3, -0.25) is 4.72 Å². The lowest BCUT2D eigenvalue weighted by Crippen LogP contribution is -2.34. The van der Waals surface area contributed by atoms with Crippen LogP contribution < -0.4 is 10.0 Å². The molecule has 140 valence electrons. The standard InChI is InChI=1S/C17H19Cl2N3O3S/c1-3-22(4-2)17(23)20-14-5-7-16(8-6-14)26(24,25)21-15-10-12(18)9-13(19)11-15/h5-11,21H,3-4H2,1-2H3,(H,20,23). The first-order valence-corrected chi connectivity index (χ1v) is 10.1. The van der Waals surface area contributed by atoms with Gasteiger partial charge in [0.1, 0.15) is 0 Å². The first-order valence-electron chi connectivity index (χ1n) is 7.90. The van der Waals surface area contributed by atoms with Crippen LogP contribution in [0.2, 0.25) is 10.0 Å². The van der Waals surface area contributed by atoms with E-state index < -0.39 is 10.0 Å². The summed E-state index contributed by atoms with van der Waals surface area (Å²) in [6.07, 6.45) is 0. The third-order valence-electron chi connectivity index (χ3n) is 3.58. The number of hydrogen-bond acceptors (Lipinski definition) is 3. The molecule has 0 fully saturated rings. The molecule has 2 aromatic carbocycles. The highest BCUT2D eigenvalue weighted by Crippen LogP contribution is 2.25. The molecule has 26 heavy (non-hydrogen) atoms. The van der Waals surface area contributed by atoms with Crippen molar-refractivity contribution in [3.05, 3.63) is 52.5 Å². The number of anilines is 2. The smallest absolute Gasteiger partial charge is 0.321 e. The summed E-state index contributed by atoms with van der Waals surface area (Å²) in [5.74, 6) is 0. The van der Waals surface area contributed by atoms with E-state index in [1.807, 2.05) is 13.8 Å². The number of hydrogen-bond donors (Lipinski definition) is 2. The summed E-state index contributed by atoms with van der Waals surface area (Å²) in [6.45, 7) is 4.93. The van der Waals surface area contributed by atoms with Gasteiger partial charge in [-0.2, -0.15) is 0 Å². The first-order chi connectivity index (χ1) is 12.2. The van der Waals surface area contributed by atoms with Crippen molar-refractivity contribution in [1.82, 2.24) is 4.90 Å². The van der Waals surface area contributed by atoms with Crippen LogP contribution in [0.25, 0.3) is 0 Å². The Bertz CT molecular complexity index is 862. The van der Waals surface area contributed by atoms with E-state index in [0.717, 1.165) is 0 Å². The molecule has 0 spiro atoms. The molecule has 0 heterocycles. The van der Waals surface area contributed by atoms with E-state index in [2.05, 4.69) is 10.0 Å². The van der Waals surface area contributed by atoms with Gasteiger partial charge in [0.2, 0.25) is 0 Å². The first kappa shape index (κ1) is 20.4. The number of rotatable bonds is 6. The maximum absolute atomic E-state index is 12.5. The SMILES string of the molecule is CCN(CC)C(=O)Nc1ccc(S(=O)(=O)Nc2cc(Cl)cc(Cl)c2)cc1. The molecule has 2 rings (SSSR count). The molecule has 0 unspecified atom stereocenters. The summed E-state index contributed by atoms with van der Waals surface area (Å²) in [4.78, 5) is 13.7. The zero-order valence-electron chi connectivity index (χ0n) is 14.3. The Balaban J connectivity index is 2.14. The zero-order valence-corrected chi connectivity index (χ0v) is 16.6. The lowest BCUT2D eigenvalue weighted by Gasteiger charge is -2.19. The van der Waals surface area contributed by atoms with Crippen LogP contribution in [0.4, 0.5) is 16.2 Å². The lowest BCUT2D eigenvalue weighted by atomic mass is 10.3. The van der Waals surface area contributed by atoms with Crippen molar-refractivity contribution in [2.24, 2.45) is 0 Å². The predicted octanol–water partition coefficient (Wildman–Crippen LogP) is 4.67. The highest BCUT2D eigenvalue weighted by Gasteiger charge is 2.16. The highest BCUT2D eigenvalue weighted by molar-refractivity contribution is 7.92. The van der Waals surface area contributed by atoms with E-state index in [9.17, 15) is 13.2 Å². The van der Waals surface area contributed by atoms with Crippen LogP contribution >= 0.6 is 23.2 Å². The van der Waals surface area contributed by atoms with E-state index in [4.69, 9.17) is 23.2 Å². The van der Waals surface area contributed by atoms with Crippen LogP contribution in [0.3, 0.4) is 0 Å². The number of nitrogens with one attached hydrogen (secondary N) is 2. The average molecular weight is 416 g/mol. The van der Waals surface area contributed by atoms with Crippen LogP contribution in [0.15, 0.2) is 47.4 Å². The average Bonchev–Trinajstić information content (AvgIpc) is 2.55. The normalized spacial score (nSPS) is 11.1. The van der Waals surface area contributed by atoms with Crippen LogP contribution in [0.1, 0.15) is 13.8 Å². The molecule has 9 heteroatoms. The maximum Gasteiger partial charge on any atom is 0.321 e. The number of amides is 2. The Morgan fingerprint density at radius 1 is 0.962 bits per heavy atom. The Labute approximate surface area is 163 Å². The molecule has 0 aromatic heterocycles. The van der Waals surface area contributed by atoms with Crippen molar-refractivity contribution < 1.29 is 13.2 Å². The fourth-order valence-electron chi connectivity index (χ4n) is 2.26. The number of carbonyl (C=O) groups is 1. The molecule has 0 bridgehead atoms. The molecule has 0 saturated carbocycles. The molecule has 0 aliphatic rings. The van der Waals surface area contributed by atoms with Gasteiger partial charge in [-0.15, -0.1) is 0 Å². The molecule has 2 N–H and O–H groups in total. The third-order valence-corrected chi connectivity index (χ3v) is 5.41. The zero-order chi connectivity index (χ0) is 19.3. The number of urea groups is 1. The predicted molar refractivity (Wildman–Crippen MR) is 106 cm³/mol. The molecule has 0 saturated heterocycles. The quantitative estimate of drug-likeness (QED) is 0.719. The second-order valence-corrected chi connectivity index (χ2v) is 7.95. The number of sulfonamides is 1. The van der Waals surface area contributed by atoms with E-state index in [-0.39, 0.29) is 16.6 Å². The minimum Gasteiger partial charge on any atom is -0.325 e. The topological polar surface area (TPSA) is 78.5 Å². The van der Waals surface area contributed by atoms with E-state index in [1.54, 1.807) is 4.90 Å². The van der Waals surface area contributed by atoms with Crippen molar-refractivity contribution in [2.75, 3.05) is 23.1 Å². The van der Waals surface area contributed by atoms with E-state index >= 15 is 0 Å². The molecule has 2 aromatic rings. The van der Waals surface area contributed by atoms with Crippen LogP contribution in [0, 0.1) is 0 Å². The summed E-state index contributed by atoms with van der Waals surface area (Å²) in [6, 6.07) is 10.1. The van der Waals surface area contributed by atoms with Crippen molar-refractivity contribution >= 4 is 50.6 Å². The van der Waals surface area contributed by atoms with Crippen molar-refractivity contribution in [1.29, 1.82) is 0 Å². The summed E-state index contributed by atoms with van der Waals surface area (Å²) in [7, 11) is -3.81. The Hall–Kier alpha value is -1.96. The van der Waals surface area contributed by atoms with Crippen LogP contribution in [-0.4, -0.2) is 32.4 Å². The summed E-state index contributed by atoms with van der Waals surface area (Å²) < 4.78 is 27.4. The molecule has 2 amide bonds. The minimum absolute atomic E-state index is 0.0504. The molecule has 0 radical (unpaired) electrons. The lowest BCUT2D eigenvalue weighted by molar-refractivity contribution is 0.217. The van der Waals surface area contributed by atoms with E-state index in [0.29, 0.717) is 28.8 Å². The summed E-state index contributed by atoms with van der Waals surface area (Å²) in [5.41, 5.74) is 0.771. The van der Waals surface area contributed by atoms with Gasteiger partial charge in [-0.1, -0.05) is 23.2 Å². The van der Waals surface area contributed by atoms with Gasteiger partial charge in [0, 0.05) is 28.8 Å². The molecule has 6 nitrogen and oxygen atoms in total. The molecular weight excluding hydrogens is 397 g/mol. The second-order valence-electron chi connectivity index (χ2n) is 5.39. The van der Waals surface area contributed by atoms with Gasteiger partial charge >= 0.3 is 6.03 Å². The second kappa shape index (κ2) is 8.62. The molecular formula is C17H19Cl2N3O3S. The van der Waals surface area contributed by atoms with Gasteiger partial charge in [0.05, 0.1) is 10.6 Å². The maximum atomic E-state index is 12.5. The van der Waals surface area contributed by atoms with Crippen molar-refractivity contribution in [3.63, 3.8) is 0 Å². The third kappa shape index (κ3) is 5.27. The molecule has 0 aliphatic carbocycles. The summed E-state index contributed by atoms with van der Waals surface area (Å²) in [5, 5.41) is 3.37. The summed E-state index contributed by atoms with van der Waals surface area (Å²) >= 11 is 11.8. The fourth-order valence-corrected chi connectivity index (χ4v) is 3.82. The van der Waals surface area contributed by atoms with Gasteiger partial charge in [-0.25, -0.2) is 13.2 Å². The Kier molecular flexibility index (Phi) is 6.75. The van der Waals surface area contributed by atoms with Crippen LogP contribution in [0.5, 0.6) is 0 Å². The molecule has 0 aliphatic heterocycles. The number of carbonyl (C=O) groups excluding carboxylic acids is 1. The monoisotopic (exact) mass is 415 g/mol. The van der Waals surface area contributed by atoms with E-state index in [1.165, 1.54) is 42.5 Å². The van der Waals surface area contributed by atoms with Crippen molar-refractivity contribution in [2.45, 2.75) is 18.7 Å². The van der Waals surface area contributed by atoms with Crippen LogP contribution in [-0.2, 0) is 10.0 Å². The fraction of sp³-hybridized carbons (Fsp3) is 0.235. The Morgan fingerprint density at radius 3 is 2.00 bits per heavy atom. The van der Waals surface area contributed by atoms with Gasteiger partial charge in [0.15, 0.2) is 0 Å². The largest absolute Gasteiger partial charge is 0.325 e. The van der Waals surface area contributed by atoms with Crippen molar-refractivity contribution in [3.8, 4) is 0 Å². The minimum atomic E-state index is -3.81. The van der Waals surface area contributed by atoms with Gasteiger partial charge in [-0.05, 0) is 56.3 Å². The molecule has 0 atom stereocenters. The van der Waals surface area contributed by atoms with Gasteiger partial charge < -0.3 is 10.2 Å². The van der Waals surface area contributed by atoms with Gasteiger partial charge in [0.25, 0.3) is 10.0 Å². The number of halogens is 2. The highest BCUT2D eigenvalue weighted by atomic mass is 35.5. The number of benzene rings is 2. The Morgan fingerprint density at radius 2 is 1.50 bits per heavy atom. The number of nitrogens with zero attached hydrogens (tertiary/aromatic N) is 1.